The maximum atomic E-state index is 12.8. The van der Waals surface area contributed by atoms with Crippen LogP contribution in [0.2, 0.25) is 0 Å². The van der Waals surface area contributed by atoms with Gasteiger partial charge in [0.15, 0.2) is 0 Å². The van der Waals surface area contributed by atoms with Crippen LogP contribution in [0.4, 0.5) is 11.4 Å². The number of rotatable bonds is 4. The van der Waals surface area contributed by atoms with Gasteiger partial charge in [0.05, 0.1) is 29.5 Å². The Morgan fingerprint density at radius 1 is 0.893 bits per heavy atom. The Kier molecular flexibility index (Phi) is 5.08. The topological polar surface area (TPSA) is 91.6 Å². The van der Waals surface area contributed by atoms with Crippen molar-refractivity contribution < 1.29 is 18.3 Å². The third-order valence-electron chi connectivity index (χ3n) is 4.58. The molecule has 144 valence electrons. The normalized spacial score (nSPS) is 16.0. The maximum absolute atomic E-state index is 12.8. The minimum Gasteiger partial charge on any atom is -0.507 e. The summed E-state index contributed by atoms with van der Waals surface area (Å²) in [5.74, 6) is 0.174. The van der Waals surface area contributed by atoms with Crippen LogP contribution in [0.1, 0.15) is 0 Å². The molecule has 0 amide bonds. The third kappa shape index (κ3) is 3.62. The molecule has 3 aromatic carbocycles. The molecule has 0 aromatic heterocycles. The maximum Gasteiger partial charge on any atom is 0.243 e. The second-order valence-electron chi connectivity index (χ2n) is 6.36. The summed E-state index contributed by atoms with van der Waals surface area (Å²) in [5.41, 5.74) is 1.03. The fourth-order valence-corrected chi connectivity index (χ4v) is 4.56. The van der Waals surface area contributed by atoms with Crippen molar-refractivity contribution in [1.29, 1.82) is 0 Å². The highest BCUT2D eigenvalue weighted by molar-refractivity contribution is 7.89. The van der Waals surface area contributed by atoms with E-state index in [1.807, 2.05) is 18.2 Å². The molecule has 4 rings (SSSR count). The van der Waals surface area contributed by atoms with Gasteiger partial charge in [0.2, 0.25) is 10.0 Å². The average molecular weight is 397 g/mol. The summed E-state index contributed by atoms with van der Waals surface area (Å²) in [7, 11) is -3.59. The van der Waals surface area contributed by atoms with Crippen molar-refractivity contribution in [2.45, 2.75) is 4.90 Å². The Morgan fingerprint density at radius 2 is 1.64 bits per heavy atom. The predicted octanol–water partition coefficient (Wildman–Crippen LogP) is 3.98. The van der Waals surface area contributed by atoms with Gasteiger partial charge in [0, 0.05) is 23.9 Å². The number of ether oxygens (including phenoxy) is 1. The number of nitrogens with zero attached hydrogens (tertiary/aromatic N) is 3. The number of fused-ring (bicyclic) bond motifs is 1. The summed E-state index contributed by atoms with van der Waals surface area (Å²) in [6, 6.07) is 17.0. The van der Waals surface area contributed by atoms with Crippen LogP contribution < -0.4 is 0 Å². The van der Waals surface area contributed by atoms with Crippen LogP contribution in [0.25, 0.3) is 10.8 Å². The number of sulfonamides is 1. The van der Waals surface area contributed by atoms with Crippen molar-refractivity contribution in [3.63, 3.8) is 0 Å². The molecule has 1 aliphatic heterocycles. The summed E-state index contributed by atoms with van der Waals surface area (Å²) in [5, 5.41) is 19.9. The molecule has 0 spiro atoms. The molecule has 0 radical (unpaired) electrons. The van der Waals surface area contributed by atoms with E-state index in [2.05, 4.69) is 10.2 Å². The number of morpholine rings is 1. The van der Waals surface area contributed by atoms with E-state index in [4.69, 9.17) is 4.74 Å². The fraction of sp³-hybridized carbons (Fsp3) is 0.200. The minimum atomic E-state index is -3.59. The van der Waals surface area contributed by atoms with Gasteiger partial charge in [0.1, 0.15) is 5.75 Å². The minimum absolute atomic E-state index is 0.174. The summed E-state index contributed by atoms with van der Waals surface area (Å²) in [6.07, 6.45) is 0. The van der Waals surface area contributed by atoms with Crippen molar-refractivity contribution in [2.24, 2.45) is 10.2 Å². The highest BCUT2D eigenvalue weighted by atomic mass is 32.2. The van der Waals surface area contributed by atoms with Gasteiger partial charge in [-0.15, -0.1) is 5.11 Å². The van der Waals surface area contributed by atoms with E-state index < -0.39 is 10.0 Å². The highest BCUT2D eigenvalue weighted by Crippen LogP contribution is 2.33. The van der Waals surface area contributed by atoms with Gasteiger partial charge in [-0.1, -0.05) is 30.3 Å². The number of phenolic OH excluding ortho intramolecular Hbond substituents is 1. The number of aromatic hydroxyl groups is 1. The van der Waals surface area contributed by atoms with Gasteiger partial charge in [-0.25, -0.2) is 8.42 Å². The van der Waals surface area contributed by atoms with Gasteiger partial charge in [0.25, 0.3) is 0 Å². The smallest absolute Gasteiger partial charge is 0.243 e. The molecule has 8 heteroatoms. The lowest BCUT2D eigenvalue weighted by atomic mass is 10.1. The van der Waals surface area contributed by atoms with Crippen LogP contribution in [0.5, 0.6) is 5.75 Å². The number of azo groups is 1. The van der Waals surface area contributed by atoms with Crippen molar-refractivity contribution in [1.82, 2.24) is 4.31 Å². The molecular formula is C20H19N3O4S. The van der Waals surface area contributed by atoms with Crippen molar-refractivity contribution in [2.75, 3.05) is 26.3 Å². The first-order chi connectivity index (χ1) is 13.6. The lowest BCUT2D eigenvalue weighted by Crippen LogP contribution is -2.40. The summed E-state index contributed by atoms with van der Waals surface area (Å²) in [6.45, 7) is 1.47. The number of hydrogen-bond acceptors (Lipinski definition) is 6. The van der Waals surface area contributed by atoms with Crippen LogP contribution in [0.3, 0.4) is 0 Å². The molecule has 1 N–H and O–H groups in total. The number of benzene rings is 3. The summed E-state index contributed by atoms with van der Waals surface area (Å²) >= 11 is 0. The Balaban J connectivity index is 1.65. The Morgan fingerprint density at radius 3 is 2.43 bits per heavy atom. The van der Waals surface area contributed by atoms with Gasteiger partial charge in [-0.3, -0.25) is 0 Å². The first-order valence-corrected chi connectivity index (χ1v) is 10.3. The molecule has 1 saturated heterocycles. The molecule has 1 fully saturated rings. The molecule has 0 unspecified atom stereocenters. The van der Waals surface area contributed by atoms with Gasteiger partial charge in [-0.05, 0) is 30.3 Å². The molecule has 7 nitrogen and oxygen atoms in total. The molecule has 0 atom stereocenters. The van der Waals surface area contributed by atoms with E-state index in [1.165, 1.54) is 10.4 Å². The molecule has 28 heavy (non-hydrogen) atoms. The molecule has 1 aliphatic rings. The molecule has 3 aromatic rings. The molecular weight excluding hydrogens is 378 g/mol. The van der Waals surface area contributed by atoms with Crippen molar-refractivity contribution in [3.05, 3.63) is 60.7 Å². The molecule has 1 heterocycles. The number of hydrogen-bond donors (Lipinski definition) is 1. The van der Waals surface area contributed by atoms with Gasteiger partial charge >= 0.3 is 0 Å². The van der Waals surface area contributed by atoms with E-state index in [9.17, 15) is 13.5 Å². The standard InChI is InChI=1S/C20H19N3O4S/c24-20-9-8-19(17-6-1-2-7-18(17)20)22-21-15-4-3-5-16(14-15)28(25,26)23-10-12-27-13-11-23/h1-9,14,24H,10-13H2. The van der Waals surface area contributed by atoms with Crippen LogP contribution in [0, 0.1) is 0 Å². The molecule has 0 saturated carbocycles. The van der Waals surface area contributed by atoms with Gasteiger partial charge < -0.3 is 9.84 Å². The second kappa shape index (κ2) is 7.67. The molecule has 0 aliphatic carbocycles. The zero-order valence-electron chi connectivity index (χ0n) is 15.0. The third-order valence-corrected chi connectivity index (χ3v) is 6.47. The zero-order chi connectivity index (χ0) is 19.6. The van der Waals surface area contributed by atoms with E-state index in [0.717, 1.165) is 5.39 Å². The summed E-state index contributed by atoms with van der Waals surface area (Å²) in [4.78, 5) is 0.182. The van der Waals surface area contributed by atoms with Crippen molar-refractivity contribution >= 4 is 32.2 Å². The lowest BCUT2D eigenvalue weighted by molar-refractivity contribution is 0.0730. The van der Waals surface area contributed by atoms with Gasteiger partial charge in [-0.2, -0.15) is 9.42 Å². The Hall–Kier alpha value is -2.81. The van der Waals surface area contributed by atoms with E-state index in [1.54, 1.807) is 36.4 Å². The average Bonchev–Trinajstić information content (AvgIpc) is 2.74. The lowest BCUT2D eigenvalue weighted by Gasteiger charge is -2.26. The number of phenols is 1. The highest BCUT2D eigenvalue weighted by Gasteiger charge is 2.26. The van der Waals surface area contributed by atoms with E-state index >= 15 is 0 Å². The monoisotopic (exact) mass is 397 g/mol. The quantitative estimate of drug-likeness (QED) is 0.674. The Bertz CT molecular complexity index is 1140. The second-order valence-corrected chi connectivity index (χ2v) is 8.30. The van der Waals surface area contributed by atoms with Crippen LogP contribution >= 0.6 is 0 Å². The van der Waals surface area contributed by atoms with E-state index in [-0.39, 0.29) is 10.6 Å². The van der Waals surface area contributed by atoms with Crippen molar-refractivity contribution in [3.8, 4) is 5.75 Å². The largest absolute Gasteiger partial charge is 0.507 e. The zero-order valence-corrected chi connectivity index (χ0v) is 15.8. The first-order valence-electron chi connectivity index (χ1n) is 8.86. The SMILES string of the molecule is O=S(=O)(c1cccc(N=Nc2ccc(O)c3ccccc23)c1)N1CCOCC1. The van der Waals surface area contributed by atoms with Crippen LogP contribution in [-0.2, 0) is 14.8 Å². The fourth-order valence-electron chi connectivity index (χ4n) is 3.11. The Labute approximate surface area is 162 Å². The molecule has 0 bridgehead atoms. The van der Waals surface area contributed by atoms with Crippen LogP contribution in [-0.4, -0.2) is 44.1 Å². The van der Waals surface area contributed by atoms with Crippen LogP contribution in [0.15, 0.2) is 75.8 Å². The summed E-state index contributed by atoms with van der Waals surface area (Å²) < 4.78 is 32.2. The first kappa shape index (κ1) is 18.5. The van der Waals surface area contributed by atoms with E-state index in [0.29, 0.717) is 43.1 Å². The predicted molar refractivity (Wildman–Crippen MR) is 106 cm³/mol.